The third-order valence-electron chi connectivity index (χ3n) is 6.06. The van der Waals surface area contributed by atoms with Crippen molar-refractivity contribution in [2.24, 2.45) is 0 Å². The normalized spacial score (nSPS) is 11.5. The molecule has 10 heteroatoms. The Morgan fingerprint density at radius 1 is 0.974 bits per heavy atom. The molecule has 0 saturated carbocycles. The van der Waals surface area contributed by atoms with E-state index < -0.39 is 16.0 Å². The summed E-state index contributed by atoms with van der Waals surface area (Å²) in [6, 6.07) is 20.8. The number of aromatic nitrogens is 1. The molecule has 0 aliphatic carbocycles. The SMILES string of the molecule is CC(=O)c1c(-c2ccccc2)c2cc(Br)ccc2c(=O)n1Cc1ccc(S(=O)(=O)NCCCC(=O)O)cc1. The number of benzene rings is 3. The van der Waals surface area contributed by atoms with E-state index in [1.807, 2.05) is 36.4 Å². The maximum absolute atomic E-state index is 13.6. The molecular weight excluding hydrogens is 572 g/mol. The Morgan fingerprint density at radius 3 is 2.29 bits per heavy atom. The summed E-state index contributed by atoms with van der Waals surface area (Å²) < 4.78 is 29.7. The Balaban J connectivity index is 1.76. The Bertz CT molecular complexity index is 1680. The molecule has 1 heterocycles. The summed E-state index contributed by atoms with van der Waals surface area (Å²) >= 11 is 3.47. The van der Waals surface area contributed by atoms with E-state index in [1.54, 1.807) is 24.3 Å². The number of carbonyl (C=O) groups excluding carboxylic acids is 1. The Labute approximate surface area is 228 Å². The Hall–Kier alpha value is -3.60. The van der Waals surface area contributed by atoms with Gasteiger partial charge in [-0.3, -0.25) is 19.0 Å². The number of hydrogen-bond acceptors (Lipinski definition) is 5. The van der Waals surface area contributed by atoms with Crippen molar-refractivity contribution >= 4 is 48.5 Å². The number of aliphatic carboxylic acids is 1. The minimum Gasteiger partial charge on any atom is -0.481 e. The highest BCUT2D eigenvalue weighted by atomic mass is 79.9. The molecule has 0 atom stereocenters. The molecule has 8 nitrogen and oxygen atoms in total. The first-order valence-electron chi connectivity index (χ1n) is 11.8. The van der Waals surface area contributed by atoms with Crippen LogP contribution in [0.25, 0.3) is 21.9 Å². The fourth-order valence-electron chi connectivity index (χ4n) is 4.32. The van der Waals surface area contributed by atoms with Crippen molar-refractivity contribution in [1.82, 2.24) is 9.29 Å². The molecular formula is C28H25BrN2O6S. The van der Waals surface area contributed by atoms with E-state index in [-0.39, 0.29) is 47.9 Å². The molecule has 196 valence electrons. The average Bonchev–Trinajstić information content (AvgIpc) is 2.88. The lowest BCUT2D eigenvalue weighted by molar-refractivity contribution is -0.137. The lowest BCUT2D eigenvalue weighted by atomic mass is 9.95. The first-order valence-corrected chi connectivity index (χ1v) is 14.1. The van der Waals surface area contributed by atoms with Crippen LogP contribution in [0.5, 0.6) is 0 Å². The van der Waals surface area contributed by atoms with Gasteiger partial charge in [0.1, 0.15) is 0 Å². The number of carbonyl (C=O) groups is 2. The number of hydrogen-bond donors (Lipinski definition) is 2. The van der Waals surface area contributed by atoms with Crippen LogP contribution >= 0.6 is 15.9 Å². The van der Waals surface area contributed by atoms with Crippen LogP contribution < -0.4 is 10.3 Å². The van der Waals surface area contributed by atoms with Gasteiger partial charge in [-0.05, 0) is 53.3 Å². The van der Waals surface area contributed by atoms with E-state index in [4.69, 9.17) is 5.11 Å². The monoisotopic (exact) mass is 596 g/mol. The number of fused-ring (bicyclic) bond motifs is 1. The lowest BCUT2D eigenvalue weighted by Gasteiger charge is -2.19. The third-order valence-corrected chi connectivity index (χ3v) is 8.03. The molecule has 0 fully saturated rings. The van der Waals surface area contributed by atoms with Gasteiger partial charge in [-0.15, -0.1) is 0 Å². The molecule has 3 aromatic carbocycles. The van der Waals surface area contributed by atoms with Gasteiger partial charge in [0.2, 0.25) is 10.0 Å². The second-order valence-electron chi connectivity index (χ2n) is 8.77. The Morgan fingerprint density at radius 2 is 1.66 bits per heavy atom. The highest BCUT2D eigenvalue weighted by molar-refractivity contribution is 9.10. The summed E-state index contributed by atoms with van der Waals surface area (Å²) in [7, 11) is -3.82. The van der Waals surface area contributed by atoms with Crippen LogP contribution in [0.2, 0.25) is 0 Å². The van der Waals surface area contributed by atoms with E-state index in [2.05, 4.69) is 20.7 Å². The molecule has 0 saturated heterocycles. The van der Waals surface area contributed by atoms with Gasteiger partial charge in [0.25, 0.3) is 5.56 Å². The topological polar surface area (TPSA) is 123 Å². The summed E-state index contributed by atoms with van der Waals surface area (Å²) in [4.78, 5) is 37.3. The molecule has 4 rings (SSSR count). The molecule has 0 unspecified atom stereocenters. The number of carboxylic acid groups (broad SMARTS) is 1. The second-order valence-corrected chi connectivity index (χ2v) is 11.4. The van der Waals surface area contributed by atoms with E-state index in [9.17, 15) is 22.8 Å². The second kappa shape index (κ2) is 11.4. The number of Topliss-reactive ketones (excluding diaryl/α,β-unsaturated/α-hetero) is 1. The van der Waals surface area contributed by atoms with Crippen LogP contribution in [-0.4, -0.2) is 36.4 Å². The van der Waals surface area contributed by atoms with Crippen LogP contribution in [0.3, 0.4) is 0 Å². The Kier molecular flexibility index (Phi) is 8.25. The van der Waals surface area contributed by atoms with Crippen molar-refractivity contribution in [3.63, 3.8) is 0 Å². The summed E-state index contributed by atoms with van der Waals surface area (Å²) in [5.74, 6) is -1.27. The van der Waals surface area contributed by atoms with Crippen molar-refractivity contribution in [3.8, 4) is 11.1 Å². The highest BCUT2D eigenvalue weighted by Crippen LogP contribution is 2.33. The molecule has 0 radical (unpaired) electrons. The third kappa shape index (κ3) is 5.93. The van der Waals surface area contributed by atoms with E-state index in [1.165, 1.54) is 23.6 Å². The molecule has 0 aliphatic heterocycles. The zero-order valence-corrected chi connectivity index (χ0v) is 22.9. The molecule has 0 amide bonds. The first kappa shape index (κ1) is 27.4. The lowest BCUT2D eigenvalue weighted by Crippen LogP contribution is -2.27. The predicted octanol–water partition coefficient (Wildman–Crippen LogP) is 4.83. The first-order chi connectivity index (χ1) is 18.1. The van der Waals surface area contributed by atoms with Gasteiger partial charge in [-0.25, -0.2) is 13.1 Å². The van der Waals surface area contributed by atoms with Crippen molar-refractivity contribution in [2.45, 2.75) is 31.2 Å². The van der Waals surface area contributed by atoms with Gasteiger partial charge in [0.05, 0.1) is 17.1 Å². The molecule has 4 aromatic rings. The summed E-state index contributed by atoms with van der Waals surface area (Å²) in [5.41, 5.74) is 2.02. The van der Waals surface area contributed by atoms with Crippen molar-refractivity contribution in [3.05, 3.63) is 98.9 Å². The van der Waals surface area contributed by atoms with Crippen LogP contribution in [0.1, 0.15) is 35.8 Å². The largest absolute Gasteiger partial charge is 0.481 e. The van der Waals surface area contributed by atoms with Crippen LogP contribution in [0.15, 0.2) is 87.0 Å². The van der Waals surface area contributed by atoms with E-state index in [0.717, 1.165) is 10.0 Å². The number of sulfonamides is 1. The maximum atomic E-state index is 13.6. The number of ketones is 1. The number of nitrogens with zero attached hydrogens (tertiary/aromatic N) is 1. The highest BCUT2D eigenvalue weighted by Gasteiger charge is 2.22. The molecule has 0 spiro atoms. The average molecular weight is 597 g/mol. The minimum atomic E-state index is -3.82. The molecule has 0 aliphatic rings. The van der Waals surface area contributed by atoms with Crippen LogP contribution in [-0.2, 0) is 21.4 Å². The zero-order valence-electron chi connectivity index (χ0n) is 20.5. The van der Waals surface area contributed by atoms with Gasteiger partial charge in [-0.1, -0.05) is 58.4 Å². The van der Waals surface area contributed by atoms with Crippen LogP contribution in [0, 0.1) is 0 Å². The van der Waals surface area contributed by atoms with Gasteiger partial charge < -0.3 is 5.11 Å². The van der Waals surface area contributed by atoms with Gasteiger partial charge >= 0.3 is 5.97 Å². The zero-order chi connectivity index (χ0) is 27.4. The molecule has 0 bridgehead atoms. The number of pyridine rings is 1. The molecule has 1 aromatic heterocycles. The van der Waals surface area contributed by atoms with Crippen molar-refractivity contribution < 1.29 is 23.1 Å². The number of nitrogens with one attached hydrogen (secondary N) is 1. The molecule has 38 heavy (non-hydrogen) atoms. The molecule has 2 N–H and O–H groups in total. The van der Waals surface area contributed by atoms with Crippen molar-refractivity contribution in [1.29, 1.82) is 0 Å². The van der Waals surface area contributed by atoms with Gasteiger partial charge in [-0.2, -0.15) is 0 Å². The quantitative estimate of drug-likeness (QED) is 0.200. The van der Waals surface area contributed by atoms with Crippen molar-refractivity contribution in [2.75, 3.05) is 6.54 Å². The summed E-state index contributed by atoms with van der Waals surface area (Å²) in [6.45, 7) is 1.49. The minimum absolute atomic E-state index is 0.00319. The van der Waals surface area contributed by atoms with E-state index >= 15 is 0 Å². The smallest absolute Gasteiger partial charge is 0.303 e. The summed E-state index contributed by atoms with van der Waals surface area (Å²) in [5, 5.41) is 9.83. The maximum Gasteiger partial charge on any atom is 0.303 e. The van der Waals surface area contributed by atoms with Crippen LogP contribution in [0.4, 0.5) is 0 Å². The fourth-order valence-corrected chi connectivity index (χ4v) is 5.75. The standard InChI is InChI=1S/C28H25BrN2O6S/c1-18(32)27-26(20-6-3-2-4-7-20)24-16-21(29)11-14-23(24)28(35)31(27)17-19-9-12-22(13-10-19)38(36,37)30-15-5-8-25(33)34/h2-4,6-7,9-14,16,30H,5,8,15,17H2,1H3,(H,33,34). The fraction of sp³-hybridized carbons (Fsp3) is 0.179. The number of halogens is 1. The number of carboxylic acids is 1. The van der Waals surface area contributed by atoms with Gasteiger partial charge in [0.15, 0.2) is 5.78 Å². The van der Waals surface area contributed by atoms with Gasteiger partial charge in [0, 0.05) is 35.3 Å². The summed E-state index contributed by atoms with van der Waals surface area (Å²) in [6.07, 6.45) is 0.0358. The van der Waals surface area contributed by atoms with E-state index in [0.29, 0.717) is 21.9 Å². The predicted molar refractivity (Wildman–Crippen MR) is 149 cm³/mol. The number of rotatable bonds is 10.